The Labute approximate surface area is 236 Å². The summed E-state index contributed by atoms with van der Waals surface area (Å²) in [5.74, 6) is 2.05. The number of hydrogen-bond acceptors (Lipinski definition) is 8. The molecule has 216 valence electrons. The predicted molar refractivity (Wildman–Crippen MR) is 154 cm³/mol. The van der Waals surface area contributed by atoms with E-state index in [1.54, 1.807) is 11.6 Å². The number of nitrogens with zero attached hydrogens (tertiary/aromatic N) is 5. The van der Waals surface area contributed by atoms with E-state index in [-0.39, 0.29) is 29.8 Å². The van der Waals surface area contributed by atoms with Crippen LogP contribution in [0, 0.1) is 0 Å². The third-order valence-electron chi connectivity index (χ3n) is 7.90. The van der Waals surface area contributed by atoms with Crippen LogP contribution in [0.5, 0.6) is 11.6 Å². The minimum Gasteiger partial charge on any atom is -0.494 e. The lowest BCUT2D eigenvalue weighted by molar-refractivity contribution is -0.723. The van der Waals surface area contributed by atoms with Gasteiger partial charge < -0.3 is 19.1 Å². The highest BCUT2D eigenvalue weighted by atomic mass is 16.5. The topological polar surface area (TPSA) is 108 Å². The van der Waals surface area contributed by atoms with Gasteiger partial charge in [-0.1, -0.05) is 49.3 Å². The van der Waals surface area contributed by atoms with Crippen LogP contribution in [0.25, 0.3) is 5.65 Å². The number of hydrogen-bond donors (Lipinski definition) is 1. The van der Waals surface area contributed by atoms with Gasteiger partial charge in [0.15, 0.2) is 12.3 Å². The minimum atomic E-state index is -0.230. The van der Waals surface area contributed by atoms with Gasteiger partial charge in [0.1, 0.15) is 11.9 Å². The summed E-state index contributed by atoms with van der Waals surface area (Å²) < 4.78 is 20.9. The highest BCUT2D eigenvalue weighted by molar-refractivity contribution is 5.97. The molecule has 40 heavy (non-hydrogen) atoms. The van der Waals surface area contributed by atoms with Crippen molar-refractivity contribution in [3.8, 4) is 11.6 Å². The Morgan fingerprint density at radius 3 is 2.48 bits per heavy atom. The molecule has 0 atom stereocenters. The fourth-order valence-corrected chi connectivity index (χ4v) is 5.31. The Morgan fingerprint density at radius 2 is 1.88 bits per heavy atom. The standard InChI is InChI=1S/C30H42N6O4/c1-7-21(8-2)40-28-22(19-9-10-19)17-26-32-35(29(31)36(26)33-28)18-25(37)20-15-23(30(3,4)5)27(38-6)24(16-20)34-11-13-39-14-12-34/h15-17,19,21,31H,7-14,18H2,1-6H3/p+1. The van der Waals surface area contributed by atoms with E-state index in [1.165, 1.54) is 4.68 Å². The quantitative estimate of drug-likeness (QED) is 0.297. The van der Waals surface area contributed by atoms with Crippen LogP contribution in [0.1, 0.15) is 87.7 Å². The third kappa shape index (κ3) is 5.59. The molecule has 5 rings (SSSR count). The smallest absolute Gasteiger partial charge is 0.401 e. The van der Waals surface area contributed by atoms with Gasteiger partial charge in [0.25, 0.3) is 11.5 Å². The molecule has 0 amide bonds. The number of ether oxygens (including phenoxy) is 3. The Morgan fingerprint density at radius 1 is 1.18 bits per heavy atom. The van der Waals surface area contributed by atoms with Crippen LogP contribution >= 0.6 is 0 Å². The summed E-state index contributed by atoms with van der Waals surface area (Å²) in [4.78, 5) is 16.0. The molecule has 1 saturated carbocycles. The van der Waals surface area contributed by atoms with Gasteiger partial charge in [-0.05, 0) is 49.1 Å². The van der Waals surface area contributed by atoms with Gasteiger partial charge in [-0.15, -0.1) is 4.68 Å². The molecular formula is C30H43N6O4+. The van der Waals surface area contributed by atoms with Crippen molar-refractivity contribution < 1.29 is 23.7 Å². The van der Waals surface area contributed by atoms with Crippen molar-refractivity contribution in [1.29, 1.82) is 0 Å². The molecule has 2 N–H and O–H groups in total. The number of Topliss-reactive ketones (excluding diaryl/α,β-unsaturated/α-hetero) is 1. The maximum atomic E-state index is 13.8. The molecule has 0 spiro atoms. The van der Waals surface area contributed by atoms with E-state index in [0.717, 1.165) is 61.3 Å². The predicted octanol–water partition coefficient (Wildman–Crippen LogP) is 4.07. The maximum Gasteiger partial charge on any atom is 0.401 e. The lowest BCUT2D eigenvalue weighted by atomic mass is 9.84. The normalized spacial score (nSPS) is 16.1. The maximum absolute atomic E-state index is 13.8. The average Bonchev–Trinajstić information content (AvgIpc) is 3.75. The second kappa shape index (κ2) is 11.2. The number of carbonyl (C=O) groups is 1. The summed E-state index contributed by atoms with van der Waals surface area (Å²) in [6.07, 6.45) is 4.13. The number of anilines is 2. The number of aromatic nitrogens is 4. The van der Waals surface area contributed by atoms with Gasteiger partial charge in [-0.3, -0.25) is 10.5 Å². The lowest BCUT2D eigenvalue weighted by Crippen LogP contribution is -2.42. The number of nitrogen functional groups attached to an aromatic ring is 1. The molecule has 10 nitrogen and oxygen atoms in total. The second-order valence-corrected chi connectivity index (χ2v) is 11.9. The summed E-state index contributed by atoms with van der Waals surface area (Å²) >= 11 is 0. The molecule has 10 heteroatoms. The van der Waals surface area contributed by atoms with Gasteiger partial charge in [0.2, 0.25) is 0 Å². The van der Waals surface area contributed by atoms with Crippen molar-refractivity contribution in [2.24, 2.45) is 0 Å². The monoisotopic (exact) mass is 551 g/mol. The number of methoxy groups -OCH3 is 1. The first kappa shape index (κ1) is 28.1. The van der Waals surface area contributed by atoms with Crippen molar-refractivity contribution in [2.45, 2.75) is 84.3 Å². The summed E-state index contributed by atoms with van der Waals surface area (Å²) in [6, 6.07) is 5.89. The Bertz CT molecular complexity index is 1380. The Hall–Kier alpha value is -3.40. The van der Waals surface area contributed by atoms with Crippen LogP contribution in [0.2, 0.25) is 0 Å². The van der Waals surface area contributed by atoms with E-state index in [0.29, 0.717) is 36.2 Å². The van der Waals surface area contributed by atoms with E-state index < -0.39 is 0 Å². The molecule has 0 unspecified atom stereocenters. The van der Waals surface area contributed by atoms with E-state index >= 15 is 0 Å². The zero-order valence-electron chi connectivity index (χ0n) is 24.7. The summed E-state index contributed by atoms with van der Waals surface area (Å²) in [6.45, 7) is 13.4. The largest absolute Gasteiger partial charge is 0.494 e. The molecule has 3 heterocycles. The van der Waals surface area contributed by atoms with Crippen molar-refractivity contribution in [1.82, 2.24) is 14.7 Å². The molecule has 2 aromatic heterocycles. The first-order valence-corrected chi connectivity index (χ1v) is 14.5. The minimum absolute atomic E-state index is 0.00481. The van der Waals surface area contributed by atoms with Crippen LogP contribution < -0.4 is 24.8 Å². The van der Waals surface area contributed by atoms with E-state index in [4.69, 9.17) is 30.1 Å². The number of fused-ring (bicyclic) bond motifs is 1. The van der Waals surface area contributed by atoms with Gasteiger partial charge in [-0.25, -0.2) is 0 Å². The van der Waals surface area contributed by atoms with Crippen LogP contribution in [-0.4, -0.2) is 60.0 Å². The number of rotatable bonds is 10. The molecular weight excluding hydrogens is 508 g/mol. The molecule has 2 aliphatic rings. The third-order valence-corrected chi connectivity index (χ3v) is 7.90. The molecule has 0 bridgehead atoms. The SMILES string of the molecule is CCC(CC)Oc1nn2c(N)[n+](CC(=O)c3cc(N4CCOCC4)c(OC)c(C(C)(C)C)c3)nc2cc1C1CC1. The number of carbonyl (C=O) groups excluding carboxylic acids is 1. The lowest BCUT2D eigenvalue weighted by Gasteiger charge is -2.33. The first-order valence-electron chi connectivity index (χ1n) is 14.5. The molecule has 3 aromatic rings. The molecule has 1 saturated heterocycles. The first-order chi connectivity index (χ1) is 19.1. The summed E-state index contributed by atoms with van der Waals surface area (Å²) in [7, 11) is 1.69. The second-order valence-electron chi connectivity index (χ2n) is 11.9. The molecule has 1 aliphatic heterocycles. The zero-order valence-corrected chi connectivity index (χ0v) is 24.7. The summed E-state index contributed by atoms with van der Waals surface area (Å²) in [5.41, 5.74) is 10.5. The number of morpholine rings is 1. The van der Waals surface area contributed by atoms with Gasteiger partial charge >= 0.3 is 5.95 Å². The van der Waals surface area contributed by atoms with Crippen molar-refractivity contribution in [3.63, 3.8) is 0 Å². The molecule has 0 radical (unpaired) electrons. The van der Waals surface area contributed by atoms with Crippen LogP contribution in [0.15, 0.2) is 18.2 Å². The molecule has 1 aromatic carbocycles. The Balaban J connectivity index is 1.51. The van der Waals surface area contributed by atoms with E-state index in [9.17, 15) is 4.79 Å². The summed E-state index contributed by atoms with van der Waals surface area (Å²) in [5, 5.41) is 9.45. The number of benzene rings is 1. The van der Waals surface area contributed by atoms with Crippen LogP contribution in [0.4, 0.5) is 11.6 Å². The molecule has 1 aliphatic carbocycles. The van der Waals surface area contributed by atoms with Crippen LogP contribution in [-0.2, 0) is 16.7 Å². The number of nitrogens with two attached hydrogens (primary N) is 1. The fraction of sp³-hybridized carbons (Fsp3) is 0.600. The van der Waals surface area contributed by atoms with Gasteiger partial charge in [0, 0.05) is 35.8 Å². The zero-order chi connectivity index (χ0) is 28.6. The van der Waals surface area contributed by atoms with Crippen molar-refractivity contribution >= 4 is 23.1 Å². The molecule has 2 fully saturated rings. The average molecular weight is 552 g/mol. The fourth-order valence-electron chi connectivity index (χ4n) is 5.31. The van der Waals surface area contributed by atoms with Gasteiger partial charge in [-0.2, -0.15) is 0 Å². The van der Waals surface area contributed by atoms with Crippen molar-refractivity contribution in [3.05, 3.63) is 34.9 Å². The highest BCUT2D eigenvalue weighted by Crippen LogP contribution is 2.44. The number of ketones is 1. The van der Waals surface area contributed by atoms with Gasteiger partial charge in [0.05, 0.1) is 26.0 Å². The van der Waals surface area contributed by atoms with Crippen molar-refractivity contribution in [2.75, 3.05) is 44.0 Å². The van der Waals surface area contributed by atoms with E-state index in [1.807, 2.05) is 18.2 Å². The van der Waals surface area contributed by atoms with Crippen LogP contribution in [0.3, 0.4) is 0 Å². The highest BCUT2D eigenvalue weighted by Gasteiger charge is 2.33. The van der Waals surface area contributed by atoms with E-state index in [2.05, 4.69) is 39.5 Å². The Kier molecular flexibility index (Phi) is 7.90.